The average molecular weight is 375 g/mol. The van der Waals surface area contributed by atoms with E-state index < -0.39 is 16.1 Å². The first-order valence-electron chi connectivity index (χ1n) is 8.43. The Morgan fingerprint density at radius 3 is 2.46 bits per heavy atom. The summed E-state index contributed by atoms with van der Waals surface area (Å²) in [5.41, 5.74) is 2.49. The van der Waals surface area contributed by atoms with Gasteiger partial charge in [-0.15, -0.1) is 0 Å². The molecular formula is C19H25N3O3S. The van der Waals surface area contributed by atoms with E-state index >= 15 is 0 Å². The van der Waals surface area contributed by atoms with Gasteiger partial charge in [0.05, 0.1) is 4.90 Å². The molecule has 2 rings (SSSR count). The maximum atomic E-state index is 12.5. The number of anilines is 2. The summed E-state index contributed by atoms with van der Waals surface area (Å²) in [4.78, 5) is 12.6. The van der Waals surface area contributed by atoms with Crippen LogP contribution in [-0.2, 0) is 21.2 Å². The molecule has 1 amide bonds. The third-order valence-corrected chi connectivity index (χ3v) is 5.85. The van der Waals surface area contributed by atoms with Crippen LogP contribution in [-0.4, -0.2) is 38.8 Å². The number of nitrogens with one attached hydrogen (secondary N) is 2. The number of sulfonamides is 1. The zero-order chi connectivity index (χ0) is 19.3. The van der Waals surface area contributed by atoms with Crippen LogP contribution in [0.3, 0.4) is 0 Å². The van der Waals surface area contributed by atoms with Crippen LogP contribution in [0.25, 0.3) is 0 Å². The van der Waals surface area contributed by atoms with E-state index in [2.05, 4.69) is 17.6 Å². The van der Waals surface area contributed by atoms with Gasteiger partial charge in [-0.2, -0.15) is 0 Å². The zero-order valence-electron chi connectivity index (χ0n) is 15.5. The summed E-state index contributed by atoms with van der Waals surface area (Å²) >= 11 is 0. The Morgan fingerprint density at radius 2 is 1.81 bits per heavy atom. The number of rotatable bonds is 7. The normalized spacial score (nSPS) is 12.7. The van der Waals surface area contributed by atoms with Crippen molar-refractivity contribution in [3.63, 3.8) is 0 Å². The topological polar surface area (TPSA) is 78.5 Å². The van der Waals surface area contributed by atoms with Crippen molar-refractivity contribution >= 4 is 27.3 Å². The minimum atomic E-state index is -3.55. The number of nitrogens with zero attached hydrogens (tertiary/aromatic N) is 1. The lowest BCUT2D eigenvalue weighted by Gasteiger charge is -2.18. The molecule has 0 aliphatic rings. The number of aryl methyl sites for hydroxylation is 1. The molecule has 0 aromatic heterocycles. The molecule has 0 heterocycles. The summed E-state index contributed by atoms with van der Waals surface area (Å²) < 4.78 is 25.6. The number of carbonyl (C=O) groups excluding carboxylic acids is 1. The number of para-hydroxylation sites is 1. The van der Waals surface area contributed by atoms with E-state index in [1.165, 1.54) is 26.2 Å². The maximum absolute atomic E-state index is 12.5. The van der Waals surface area contributed by atoms with Crippen LogP contribution in [0.5, 0.6) is 0 Å². The standard InChI is InChI=1S/C19H25N3O3S/c1-5-15-9-6-7-12-18(15)20-14(2)19(23)21-16-10-8-11-17(13-16)26(24,25)22(3)4/h6-14,20H,5H2,1-4H3,(H,21,23)/t14-/m1/s1. The van der Waals surface area contributed by atoms with Gasteiger partial charge >= 0.3 is 0 Å². The second-order valence-corrected chi connectivity index (χ2v) is 8.33. The third kappa shape index (κ3) is 4.62. The van der Waals surface area contributed by atoms with Crippen molar-refractivity contribution in [2.24, 2.45) is 0 Å². The smallest absolute Gasteiger partial charge is 0.246 e. The lowest BCUT2D eigenvalue weighted by molar-refractivity contribution is -0.116. The van der Waals surface area contributed by atoms with Crippen LogP contribution in [0.1, 0.15) is 19.4 Å². The number of amides is 1. The van der Waals surface area contributed by atoms with Gasteiger partial charge in [-0.25, -0.2) is 12.7 Å². The SMILES string of the molecule is CCc1ccccc1N[C@H](C)C(=O)Nc1cccc(S(=O)(=O)N(C)C)c1. The molecule has 140 valence electrons. The van der Waals surface area contributed by atoms with Crippen LogP contribution < -0.4 is 10.6 Å². The van der Waals surface area contributed by atoms with E-state index in [0.29, 0.717) is 5.69 Å². The van der Waals surface area contributed by atoms with E-state index in [1.54, 1.807) is 19.1 Å². The van der Waals surface area contributed by atoms with E-state index in [4.69, 9.17) is 0 Å². The van der Waals surface area contributed by atoms with Gasteiger partial charge in [0, 0.05) is 25.5 Å². The molecule has 0 spiro atoms. The zero-order valence-corrected chi connectivity index (χ0v) is 16.3. The van der Waals surface area contributed by atoms with Crippen LogP contribution >= 0.6 is 0 Å². The van der Waals surface area contributed by atoms with Gasteiger partial charge in [-0.1, -0.05) is 31.2 Å². The quantitative estimate of drug-likeness (QED) is 0.780. The van der Waals surface area contributed by atoms with E-state index in [9.17, 15) is 13.2 Å². The van der Waals surface area contributed by atoms with Crippen LogP contribution in [0.15, 0.2) is 53.4 Å². The summed E-state index contributed by atoms with van der Waals surface area (Å²) in [7, 11) is -0.607. The van der Waals surface area contributed by atoms with Crippen LogP contribution in [0.2, 0.25) is 0 Å². The Kier molecular flexibility index (Phi) is 6.39. The van der Waals surface area contributed by atoms with E-state index in [0.717, 1.165) is 22.0 Å². The first kappa shape index (κ1) is 19.9. The fraction of sp³-hybridized carbons (Fsp3) is 0.316. The lowest BCUT2D eigenvalue weighted by atomic mass is 10.1. The van der Waals surface area contributed by atoms with Gasteiger partial charge in [0.1, 0.15) is 6.04 Å². The van der Waals surface area contributed by atoms with E-state index in [-0.39, 0.29) is 10.8 Å². The maximum Gasteiger partial charge on any atom is 0.246 e. The Balaban J connectivity index is 2.12. The predicted octanol–water partition coefficient (Wildman–Crippen LogP) is 2.94. The monoisotopic (exact) mass is 375 g/mol. The second-order valence-electron chi connectivity index (χ2n) is 6.18. The highest BCUT2D eigenvalue weighted by molar-refractivity contribution is 7.89. The van der Waals surface area contributed by atoms with E-state index in [1.807, 2.05) is 24.3 Å². The minimum Gasteiger partial charge on any atom is -0.374 e. The average Bonchev–Trinajstić information content (AvgIpc) is 2.62. The van der Waals surface area contributed by atoms with Crippen molar-refractivity contribution < 1.29 is 13.2 Å². The van der Waals surface area contributed by atoms with Gasteiger partial charge in [-0.05, 0) is 43.2 Å². The van der Waals surface area contributed by atoms with Gasteiger partial charge in [0.15, 0.2) is 0 Å². The molecule has 0 bridgehead atoms. The fourth-order valence-electron chi connectivity index (χ4n) is 2.46. The Bertz CT molecular complexity index is 879. The molecular weight excluding hydrogens is 350 g/mol. The van der Waals surface area contributed by atoms with Crippen LogP contribution in [0.4, 0.5) is 11.4 Å². The summed E-state index contributed by atoms with van der Waals surface area (Å²) in [5.74, 6) is -0.240. The highest BCUT2D eigenvalue weighted by Crippen LogP contribution is 2.19. The summed E-state index contributed by atoms with van der Waals surface area (Å²) in [6.07, 6.45) is 0.863. The van der Waals surface area contributed by atoms with Crippen molar-refractivity contribution in [2.45, 2.75) is 31.2 Å². The Labute approximate surface area is 155 Å². The van der Waals surface area contributed by atoms with Crippen molar-refractivity contribution in [3.05, 3.63) is 54.1 Å². The Morgan fingerprint density at radius 1 is 1.12 bits per heavy atom. The Hall–Kier alpha value is -2.38. The molecule has 0 aliphatic heterocycles. The van der Waals surface area contributed by atoms with Crippen molar-refractivity contribution in [1.29, 1.82) is 0 Å². The molecule has 6 nitrogen and oxygen atoms in total. The second kappa shape index (κ2) is 8.33. The highest BCUT2D eigenvalue weighted by Gasteiger charge is 2.19. The van der Waals surface area contributed by atoms with Gasteiger partial charge in [-0.3, -0.25) is 4.79 Å². The summed E-state index contributed by atoms with van der Waals surface area (Å²) in [6.45, 7) is 3.82. The largest absolute Gasteiger partial charge is 0.374 e. The van der Waals surface area contributed by atoms with Gasteiger partial charge in [0.25, 0.3) is 0 Å². The molecule has 0 saturated carbocycles. The van der Waals surface area contributed by atoms with Crippen LogP contribution in [0, 0.1) is 0 Å². The van der Waals surface area contributed by atoms with Crippen molar-refractivity contribution in [2.75, 3.05) is 24.7 Å². The molecule has 0 radical (unpaired) electrons. The molecule has 0 saturated heterocycles. The number of hydrogen-bond donors (Lipinski definition) is 2. The minimum absolute atomic E-state index is 0.136. The molecule has 2 N–H and O–H groups in total. The molecule has 1 atom stereocenters. The third-order valence-electron chi connectivity index (χ3n) is 4.04. The molecule has 2 aromatic rings. The van der Waals surface area contributed by atoms with Gasteiger partial charge in [0.2, 0.25) is 15.9 Å². The van der Waals surface area contributed by atoms with Crippen molar-refractivity contribution in [1.82, 2.24) is 4.31 Å². The number of carbonyl (C=O) groups is 1. The summed E-state index contributed by atoms with van der Waals surface area (Å²) in [5, 5.41) is 5.97. The molecule has 7 heteroatoms. The number of hydrogen-bond acceptors (Lipinski definition) is 4. The lowest BCUT2D eigenvalue weighted by Crippen LogP contribution is -2.32. The fourth-order valence-corrected chi connectivity index (χ4v) is 3.41. The first-order chi connectivity index (χ1) is 12.3. The molecule has 0 unspecified atom stereocenters. The molecule has 0 aliphatic carbocycles. The molecule has 0 fully saturated rings. The van der Waals surface area contributed by atoms with Gasteiger partial charge < -0.3 is 10.6 Å². The highest BCUT2D eigenvalue weighted by atomic mass is 32.2. The first-order valence-corrected chi connectivity index (χ1v) is 9.87. The molecule has 2 aromatic carbocycles. The molecule has 26 heavy (non-hydrogen) atoms. The van der Waals surface area contributed by atoms with Crippen molar-refractivity contribution in [3.8, 4) is 0 Å². The summed E-state index contributed by atoms with van der Waals surface area (Å²) in [6, 6.07) is 13.6. The number of benzene rings is 2. The predicted molar refractivity (Wildman–Crippen MR) is 105 cm³/mol.